The average molecular weight is 709 g/mol. The first-order valence-corrected chi connectivity index (χ1v) is 16.0. The standard InChI is InChI=1S/C35H40N4O12/c1-5-8-22-12-24(20-40)36(18-22)34(42)26-14-30(48-3)32(16-28(26)38(44)45)50-10-7-11-51-33-17-29(39(46)47)27(15-31(33)49-4)35(43)37-19-23(9-6-2)13-25(37)21-41/h5-6,8-9,14-19,24-25,40-41H,7,10-13,20-21H2,1-4H3/t24-,25-/m0/s1. The molecule has 2 N–H and O–H groups in total. The summed E-state index contributed by atoms with van der Waals surface area (Å²) in [6, 6.07) is 3.45. The lowest BCUT2D eigenvalue weighted by molar-refractivity contribution is -0.385. The third kappa shape index (κ3) is 8.53. The maximum absolute atomic E-state index is 13.5. The molecule has 16 heteroatoms. The van der Waals surface area contributed by atoms with Gasteiger partial charge >= 0.3 is 0 Å². The van der Waals surface area contributed by atoms with E-state index in [1.54, 1.807) is 36.7 Å². The molecule has 2 amide bonds. The zero-order valence-electron chi connectivity index (χ0n) is 28.6. The monoisotopic (exact) mass is 708 g/mol. The third-order valence-electron chi connectivity index (χ3n) is 8.21. The summed E-state index contributed by atoms with van der Waals surface area (Å²) in [5.41, 5.74) is 0.0451. The molecule has 0 aliphatic carbocycles. The van der Waals surface area contributed by atoms with Crippen LogP contribution in [0.3, 0.4) is 0 Å². The summed E-state index contributed by atoms with van der Waals surface area (Å²) in [7, 11) is 2.64. The van der Waals surface area contributed by atoms with E-state index >= 15 is 0 Å². The summed E-state index contributed by atoms with van der Waals surface area (Å²) in [6.07, 6.45) is 11.2. The number of methoxy groups -OCH3 is 2. The first-order valence-electron chi connectivity index (χ1n) is 16.0. The molecule has 0 radical (unpaired) electrons. The van der Waals surface area contributed by atoms with Gasteiger partial charge in [0.1, 0.15) is 11.1 Å². The largest absolute Gasteiger partial charge is 0.493 e. The van der Waals surface area contributed by atoms with Gasteiger partial charge in [-0.25, -0.2) is 0 Å². The zero-order valence-corrected chi connectivity index (χ0v) is 28.6. The molecule has 0 saturated heterocycles. The fourth-order valence-corrected chi connectivity index (χ4v) is 5.81. The van der Waals surface area contributed by atoms with Gasteiger partial charge in [0, 0.05) is 31.0 Å². The van der Waals surface area contributed by atoms with Crippen molar-refractivity contribution in [3.05, 3.63) is 103 Å². The topological polar surface area (TPSA) is 204 Å². The van der Waals surface area contributed by atoms with Gasteiger partial charge in [0.15, 0.2) is 23.0 Å². The number of nitro benzene ring substituents is 2. The number of benzene rings is 2. The molecule has 272 valence electrons. The van der Waals surface area contributed by atoms with Crippen molar-refractivity contribution in [1.82, 2.24) is 9.80 Å². The van der Waals surface area contributed by atoms with Crippen LogP contribution in [0.2, 0.25) is 0 Å². The van der Waals surface area contributed by atoms with Crippen LogP contribution in [0.25, 0.3) is 0 Å². The second-order valence-corrected chi connectivity index (χ2v) is 11.5. The minimum Gasteiger partial charge on any atom is -0.493 e. The smallest absolute Gasteiger partial charge is 0.286 e. The molecule has 0 fully saturated rings. The Hall–Kier alpha value is -5.74. The molecule has 2 aromatic rings. The molecule has 2 aromatic carbocycles. The van der Waals surface area contributed by atoms with E-state index in [1.807, 2.05) is 13.8 Å². The number of carbonyl (C=O) groups is 2. The Bertz CT molecular complexity index is 1660. The van der Waals surface area contributed by atoms with Crippen molar-refractivity contribution in [2.24, 2.45) is 0 Å². The Kier molecular flexibility index (Phi) is 12.9. The van der Waals surface area contributed by atoms with E-state index in [0.29, 0.717) is 12.8 Å². The lowest BCUT2D eigenvalue weighted by Crippen LogP contribution is -2.35. The van der Waals surface area contributed by atoms with Crippen molar-refractivity contribution in [2.45, 2.75) is 45.2 Å². The summed E-state index contributed by atoms with van der Waals surface area (Å²) in [5.74, 6) is -1.24. The molecular formula is C35H40N4O12. The molecule has 16 nitrogen and oxygen atoms in total. The molecule has 0 unspecified atom stereocenters. The van der Waals surface area contributed by atoms with Crippen LogP contribution >= 0.6 is 0 Å². The normalized spacial score (nSPS) is 17.1. The minimum absolute atomic E-state index is 0.00292. The average Bonchev–Trinajstić information content (AvgIpc) is 3.74. The van der Waals surface area contributed by atoms with Crippen molar-refractivity contribution >= 4 is 23.2 Å². The molecule has 2 aliphatic rings. The van der Waals surface area contributed by atoms with E-state index in [0.717, 1.165) is 23.3 Å². The fourth-order valence-electron chi connectivity index (χ4n) is 5.81. The van der Waals surface area contributed by atoms with Gasteiger partial charge in [-0.05, 0) is 37.8 Å². The second-order valence-electron chi connectivity index (χ2n) is 11.5. The van der Waals surface area contributed by atoms with Gasteiger partial charge < -0.3 is 39.0 Å². The number of carbonyl (C=O) groups excluding carboxylic acids is 2. The number of aliphatic hydroxyl groups excluding tert-OH is 2. The second kappa shape index (κ2) is 17.3. The van der Waals surface area contributed by atoms with E-state index in [-0.39, 0.29) is 67.0 Å². The molecule has 51 heavy (non-hydrogen) atoms. The summed E-state index contributed by atoms with van der Waals surface area (Å²) in [5, 5.41) is 43.7. The maximum Gasteiger partial charge on any atom is 0.286 e. The number of amides is 2. The molecule has 2 atom stereocenters. The highest BCUT2D eigenvalue weighted by atomic mass is 16.6. The SMILES string of the molecule is CC=CC1=CN(C(=O)c2cc(OC)c(OCCCOc3cc([N+](=O)[O-])c(C(=O)N4C=C(C=CC)C[C@H]4CO)cc3OC)cc2[N+](=O)[O-])[C@H](CO)C1. The number of nitrogens with zero attached hydrogens (tertiary/aromatic N) is 4. The Morgan fingerprint density at radius 2 is 1.14 bits per heavy atom. The summed E-state index contributed by atoms with van der Waals surface area (Å²) < 4.78 is 22.3. The van der Waals surface area contributed by atoms with Crippen LogP contribution in [0.5, 0.6) is 23.0 Å². The van der Waals surface area contributed by atoms with Gasteiger partial charge in [-0.3, -0.25) is 29.8 Å². The first-order chi connectivity index (χ1) is 24.5. The Morgan fingerprint density at radius 3 is 1.45 bits per heavy atom. The van der Waals surface area contributed by atoms with Gasteiger partial charge in [0.25, 0.3) is 23.2 Å². The predicted octanol–water partition coefficient (Wildman–Crippen LogP) is 4.70. The fraction of sp³-hybridized carbons (Fsp3) is 0.371. The maximum atomic E-state index is 13.5. The predicted molar refractivity (Wildman–Crippen MR) is 184 cm³/mol. The number of hydrogen-bond acceptors (Lipinski definition) is 12. The van der Waals surface area contributed by atoms with Crippen LogP contribution in [0.4, 0.5) is 11.4 Å². The molecule has 0 saturated carbocycles. The summed E-state index contributed by atoms with van der Waals surface area (Å²) in [6.45, 7) is 2.89. The quantitative estimate of drug-likeness (QED) is 0.138. The minimum atomic E-state index is -0.706. The van der Waals surface area contributed by atoms with Gasteiger partial charge in [-0.2, -0.15) is 0 Å². The number of aliphatic hydroxyl groups is 2. The molecule has 2 aliphatic heterocycles. The third-order valence-corrected chi connectivity index (χ3v) is 8.21. The zero-order chi connectivity index (χ0) is 37.2. The molecule has 2 heterocycles. The highest BCUT2D eigenvalue weighted by Gasteiger charge is 2.35. The van der Waals surface area contributed by atoms with Crippen molar-refractivity contribution in [3.8, 4) is 23.0 Å². The highest BCUT2D eigenvalue weighted by molar-refractivity contribution is 6.01. The van der Waals surface area contributed by atoms with Crippen LogP contribution in [0, 0.1) is 20.2 Å². The van der Waals surface area contributed by atoms with Crippen molar-refractivity contribution < 1.29 is 48.6 Å². The van der Waals surface area contributed by atoms with Crippen LogP contribution in [-0.2, 0) is 0 Å². The van der Waals surface area contributed by atoms with E-state index in [4.69, 9.17) is 18.9 Å². The van der Waals surface area contributed by atoms with Crippen molar-refractivity contribution in [1.29, 1.82) is 0 Å². The number of allylic oxidation sites excluding steroid dienone is 4. The molecular weight excluding hydrogens is 668 g/mol. The number of rotatable bonds is 16. The number of hydrogen-bond donors (Lipinski definition) is 2. The Morgan fingerprint density at radius 1 is 0.745 bits per heavy atom. The molecule has 0 spiro atoms. The van der Waals surface area contributed by atoms with E-state index in [1.165, 1.54) is 36.2 Å². The van der Waals surface area contributed by atoms with Crippen LogP contribution < -0.4 is 18.9 Å². The van der Waals surface area contributed by atoms with Gasteiger partial charge in [-0.15, -0.1) is 0 Å². The van der Waals surface area contributed by atoms with E-state index in [2.05, 4.69) is 0 Å². The molecule has 0 aromatic heterocycles. The lowest BCUT2D eigenvalue weighted by atomic mass is 10.1. The highest BCUT2D eigenvalue weighted by Crippen LogP contribution is 2.39. The van der Waals surface area contributed by atoms with Crippen molar-refractivity contribution in [2.75, 3.05) is 40.6 Å². The summed E-state index contributed by atoms with van der Waals surface area (Å²) in [4.78, 5) is 52.1. The molecule has 0 bridgehead atoms. The van der Waals surface area contributed by atoms with Crippen LogP contribution in [-0.4, -0.2) is 94.4 Å². The van der Waals surface area contributed by atoms with Gasteiger partial charge in [0.2, 0.25) is 0 Å². The Balaban J connectivity index is 1.48. The molecule has 4 rings (SSSR count). The van der Waals surface area contributed by atoms with Gasteiger partial charge in [-0.1, -0.05) is 24.3 Å². The summed E-state index contributed by atoms with van der Waals surface area (Å²) >= 11 is 0. The van der Waals surface area contributed by atoms with Gasteiger partial charge in [0.05, 0.1) is 74.7 Å². The van der Waals surface area contributed by atoms with Crippen LogP contribution in [0.15, 0.2) is 72.1 Å². The number of nitro groups is 2. The van der Waals surface area contributed by atoms with E-state index < -0.39 is 45.1 Å². The van der Waals surface area contributed by atoms with Crippen LogP contribution in [0.1, 0.15) is 53.8 Å². The lowest BCUT2D eigenvalue weighted by Gasteiger charge is -2.22. The number of ether oxygens (including phenoxy) is 4. The van der Waals surface area contributed by atoms with E-state index in [9.17, 15) is 40.0 Å². The first kappa shape index (κ1) is 38.1. The Labute approximate surface area is 293 Å². The van der Waals surface area contributed by atoms with Crippen molar-refractivity contribution in [3.63, 3.8) is 0 Å².